The molecule has 0 aliphatic heterocycles. The molecule has 0 saturated carbocycles. The van der Waals surface area contributed by atoms with Crippen molar-refractivity contribution in [2.75, 3.05) is 18.8 Å². The number of hydrogen-bond acceptors (Lipinski definition) is 4. The molecule has 0 unspecified atom stereocenters. The first-order valence-corrected chi connectivity index (χ1v) is 6.66. The maximum atomic E-state index is 12.2. The second-order valence-corrected chi connectivity index (χ2v) is 5.46. The lowest BCUT2D eigenvalue weighted by atomic mass is 10.5. The molecule has 0 amide bonds. The summed E-state index contributed by atoms with van der Waals surface area (Å²) in [5.41, 5.74) is 5.58. The lowest BCUT2D eigenvalue weighted by molar-refractivity contribution is 0.427. The van der Waals surface area contributed by atoms with Gasteiger partial charge in [-0.2, -0.15) is 9.40 Å². The fourth-order valence-corrected chi connectivity index (χ4v) is 3.15. The predicted molar refractivity (Wildman–Crippen MR) is 62.3 cm³/mol. The predicted octanol–water partition coefficient (Wildman–Crippen LogP) is 0.423. The average molecular weight is 246 g/mol. The maximum Gasteiger partial charge on any atom is 0.248 e. The smallest absolute Gasteiger partial charge is 0.248 e. The van der Waals surface area contributed by atoms with E-state index in [0.717, 1.165) is 6.42 Å². The molecule has 6 nitrogen and oxygen atoms in total. The number of anilines is 1. The molecule has 0 bridgehead atoms. The van der Waals surface area contributed by atoms with Gasteiger partial charge >= 0.3 is 0 Å². The van der Waals surface area contributed by atoms with Crippen molar-refractivity contribution in [3.8, 4) is 0 Å². The number of sulfonamides is 1. The lowest BCUT2D eigenvalue weighted by Gasteiger charge is -2.18. The van der Waals surface area contributed by atoms with Crippen molar-refractivity contribution in [2.24, 2.45) is 7.05 Å². The molecule has 92 valence electrons. The zero-order valence-corrected chi connectivity index (χ0v) is 10.7. The van der Waals surface area contributed by atoms with Gasteiger partial charge < -0.3 is 5.73 Å². The van der Waals surface area contributed by atoms with Crippen molar-refractivity contribution >= 4 is 15.8 Å². The molecule has 0 radical (unpaired) electrons. The summed E-state index contributed by atoms with van der Waals surface area (Å²) in [6.07, 6.45) is 2.20. The first-order valence-electron chi connectivity index (χ1n) is 5.22. The van der Waals surface area contributed by atoms with E-state index in [0.29, 0.717) is 13.1 Å². The van der Waals surface area contributed by atoms with Crippen LogP contribution in [-0.2, 0) is 17.1 Å². The van der Waals surface area contributed by atoms with Gasteiger partial charge in [-0.25, -0.2) is 8.42 Å². The van der Waals surface area contributed by atoms with Gasteiger partial charge in [-0.15, -0.1) is 0 Å². The van der Waals surface area contributed by atoms with E-state index in [1.165, 1.54) is 15.2 Å². The maximum absolute atomic E-state index is 12.2. The Hall–Kier alpha value is -1.08. The molecule has 0 spiro atoms. The quantitative estimate of drug-likeness (QED) is 0.816. The topological polar surface area (TPSA) is 81.2 Å². The summed E-state index contributed by atoms with van der Waals surface area (Å²) in [5.74, 6) is 0.0528. The molecule has 1 aromatic rings. The summed E-state index contributed by atoms with van der Waals surface area (Å²) in [6.45, 7) is 4.67. The van der Waals surface area contributed by atoms with Gasteiger partial charge in [0.25, 0.3) is 0 Å². The van der Waals surface area contributed by atoms with E-state index >= 15 is 0 Å². The van der Waals surface area contributed by atoms with Crippen LogP contribution in [0.4, 0.5) is 5.82 Å². The molecule has 0 atom stereocenters. The monoisotopic (exact) mass is 246 g/mol. The molecule has 0 saturated heterocycles. The molecule has 2 N–H and O–H groups in total. The molecule has 0 fully saturated rings. The Balaban J connectivity index is 3.14. The standard InChI is InChI=1S/C9H18N4O2S/c1-4-6-13(5-2)16(14,15)8-7-12(3)11-9(8)10/h7H,4-6H2,1-3H3,(H2,10,11). The Labute approximate surface area is 96.1 Å². The highest BCUT2D eigenvalue weighted by atomic mass is 32.2. The zero-order valence-electron chi connectivity index (χ0n) is 9.84. The normalized spacial score (nSPS) is 12.2. The third-order valence-corrected chi connectivity index (χ3v) is 4.26. The molecule has 16 heavy (non-hydrogen) atoms. The van der Waals surface area contributed by atoms with Crippen LogP contribution in [-0.4, -0.2) is 35.6 Å². The summed E-state index contributed by atoms with van der Waals surface area (Å²) in [5, 5.41) is 3.84. The van der Waals surface area contributed by atoms with Gasteiger partial charge in [0.1, 0.15) is 4.90 Å². The van der Waals surface area contributed by atoms with Crippen LogP contribution in [0.2, 0.25) is 0 Å². The third kappa shape index (κ3) is 2.35. The second kappa shape index (κ2) is 4.84. The van der Waals surface area contributed by atoms with Crippen molar-refractivity contribution in [1.82, 2.24) is 14.1 Å². The highest BCUT2D eigenvalue weighted by molar-refractivity contribution is 7.89. The molecule has 1 heterocycles. The van der Waals surface area contributed by atoms with E-state index in [2.05, 4.69) is 5.10 Å². The Bertz CT molecular complexity index is 452. The number of nitrogens with two attached hydrogens (primary N) is 1. The number of nitrogens with zero attached hydrogens (tertiary/aromatic N) is 3. The van der Waals surface area contributed by atoms with Crippen LogP contribution in [0.15, 0.2) is 11.1 Å². The van der Waals surface area contributed by atoms with Crippen molar-refractivity contribution in [3.05, 3.63) is 6.20 Å². The molecular formula is C9H18N4O2S. The minimum Gasteiger partial charge on any atom is -0.381 e. The number of aromatic nitrogens is 2. The summed E-state index contributed by atoms with van der Waals surface area (Å²) in [6, 6.07) is 0. The molecular weight excluding hydrogens is 228 g/mol. The van der Waals surface area contributed by atoms with E-state index in [4.69, 9.17) is 5.73 Å². The largest absolute Gasteiger partial charge is 0.381 e. The van der Waals surface area contributed by atoms with E-state index in [-0.39, 0.29) is 10.7 Å². The summed E-state index contributed by atoms with van der Waals surface area (Å²) in [7, 11) is -1.85. The fourth-order valence-electron chi connectivity index (χ4n) is 1.52. The van der Waals surface area contributed by atoms with Crippen molar-refractivity contribution in [2.45, 2.75) is 25.2 Å². The lowest BCUT2D eigenvalue weighted by Crippen LogP contribution is -2.31. The summed E-state index contributed by atoms with van der Waals surface area (Å²) in [4.78, 5) is 0.0882. The zero-order chi connectivity index (χ0) is 12.3. The number of aryl methyl sites for hydroxylation is 1. The van der Waals surface area contributed by atoms with Crippen LogP contribution in [0.3, 0.4) is 0 Å². The number of hydrogen-bond donors (Lipinski definition) is 1. The van der Waals surface area contributed by atoms with Crippen molar-refractivity contribution < 1.29 is 8.42 Å². The molecule has 7 heteroatoms. The third-order valence-electron chi connectivity index (χ3n) is 2.27. The van der Waals surface area contributed by atoms with Gasteiger partial charge in [0.2, 0.25) is 10.0 Å². The van der Waals surface area contributed by atoms with E-state index < -0.39 is 10.0 Å². The fraction of sp³-hybridized carbons (Fsp3) is 0.667. The minimum absolute atomic E-state index is 0.0528. The first-order chi connectivity index (χ1) is 7.43. The number of nitrogen functional groups attached to an aromatic ring is 1. The van der Waals surface area contributed by atoms with E-state index in [1.54, 1.807) is 14.0 Å². The SMILES string of the molecule is CCCN(CC)S(=O)(=O)c1cn(C)nc1N. The molecule has 1 rings (SSSR count). The van der Waals surface area contributed by atoms with Gasteiger partial charge in [0, 0.05) is 26.3 Å². The Morgan fingerprint density at radius 2 is 2.12 bits per heavy atom. The Morgan fingerprint density at radius 1 is 1.50 bits per heavy atom. The Morgan fingerprint density at radius 3 is 2.50 bits per heavy atom. The van der Waals surface area contributed by atoms with Gasteiger partial charge in [0.15, 0.2) is 5.82 Å². The van der Waals surface area contributed by atoms with Crippen molar-refractivity contribution in [3.63, 3.8) is 0 Å². The van der Waals surface area contributed by atoms with Gasteiger partial charge in [0.05, 0.1) is 0 Å². The van der Waals surface area contributed by atoms with E-state index in [1.807, 2.05) is 6.92 Å². The highest BCUT2D eigenvalue weighted by Crippen LogP contribution is 2.20. The first kappa shape index (κ1) is 13.0. The molecule has 1 aromatic heterocycles. The van der Waals surface area contributed by atoms with Crippen LogP contribution < -0.4 is 5.73 Å². The molecule has 0 aliphatic carbocycles. The summed E-state index contributed by atoms with van der Waals surface area (Å²) < 4.78 is 27.2. The van der Waals surface area contributed by atoms with Crippen LogP contribution in [0.5, 0.6) is 0 Å². The summed E-state index contributed by atoms with van der Waals surface area (Å²) >= 11 is 0. The van der Waals surface area contributed by atoms with Crippen molar-refractivity contribution in [1.29, 1.82) is 0 Å². The van der Waals surface area contributed by atoms with Crippen LogP contribution in [0, 0.1) is 0 Å². The molecule has 0 aliphatic rings. The van der Waals surface area contributed by atoms with Gasteiger partial charge in [-0.3, -0.25) is 4.68 Å². The average Bonchev–Trinajstić information content (AvgIpc) is 2.54. The second-order valence-electron chi connectivity index (χ2n) is 3.55. The van der Waals surface area contributed by atoms with Gasteiger partial charge in [-0.05, 0) is 6.42 Å². The van der Waals surface area contributed by atoms with Crippen LogP contribution in [0.25, 0.3) is 0 Å². The Kier molecular flexibility index (Phi) is 3.93. The number of rotatable bonds is 5. The highest BCUT2D eigenvalue weighted by Gasteiger charge is 2.26. The van der Waals surface area contributed by atoms with Crippen LogP contribution in [0.1, 0.15) is 20.3 Å². The minimum atomic E-state index is -3.50. The van der Waals surface area contributed by atoms with Crippen LogP contribution >= 0.6 is 0 Å². The molecule has 0 aromatic carbocycles. The van der Waals surface area contributed by atoms with E-state index in [9.17, 15) is 8.42 Å². The van der Waals surface area contributed by atoms with Gasteiger partial charge in [-0.1, -0.05) is 13.8 Å².